The molecular weight excluding hydrogens is 404 g/mol. The summed E-state index contributed by atoms with van der Waals surface area (Å²) in [5.74, 6) is 0.957. The average molecular weight is 429 g/mol. The molecule has 3 aromatic rings. The van der Waals surface area contributed by atoms with Crippen LogP contribution in [0.5, 0.6) is 5.75 Å². The Hall–Kier alpha value is -2.90. The predicted octanol–water partition coefficient (Wildman–Crippen LogP) is 3.84. The lowest BCUT2D eigenvalue weighted by Gasteiger charge is -2.21. The van der Waals surface area contributed by atoms with E-state index in [4.69, 9.17) is 26.1 Å². The molecule has 0 unspecified atom stereocenters. The number of hydrogen-bond acceptors (Lipinski definition) is 5. The number of pyridine rings is 1. The minimum atomic E-state index is -0.885. The summed E-state index contributed by atoms with van der Waals surface area (Å²) in [6.45, 7) is 4.53. The molecular formula is C22H25ClN4O3. The molecule has 30 heavy (non-hydrogen) atoms. The molecule has 3 rings (SSSR count). The highest BCUT2D eigenvalue weighted by Gasteiger charge is 2.34. The van der Waals surface area contributed by atoms with Crippen molar-refractivity contribution in [2.75, 3.05) is 27.4 Å². The Labute approximate surface area is 180 Å². The van der Waals surface area contributed by atoms with Gasteiger partial charge in [0, 0.05) is 37.2 Å². The zero-order valence-electron chi connectivity index (χ0n) is 17.5. The summed E-state index contributed by atoms with van der Waals surface area (Å²) in [5, 5.41) is 3.40. The highest BCUT2D eigenvalue weighted by molar-refractivity contribution is 6.32. The number of benzene rings is 1. The second kappa shape index (κ2) is 9.28. The van der Waals surface area contributed by atoms with Crippen LogP contribution in [0.4, 0.5) is 0 Å². The van der Waals surface area contributed by atoms with Crippen molar-refractivity contribution in [1.82, 2.24) is 20.3 Å². The summed E-state index contributed by atoms with van der Waals surface area (Å²) >= 11 is 6.20. The molecule has 0 saturated carbocycles. The predicted molar refractivity (Wildman–Crippen MR) is 117 cm³/mol. The number of imidazole rings is 1. The summed E-state index contributed by atoms with van der Waals surface area (Å²) in [6, 6.07) is 9.25. The molecule has 158 valence electrons. The third kappa shape index (κ3) is 4.47. The Balaban J connectivity index is 2.08. The van der Waals surface area contributed by atoms with Gasteiger partial charge in [-0.2, -0.15) is 0 Å². The number of carbonyl (C=O) groups excluding carboxylic acids is 1. The fourth-order valence-electron chi connectivity index (χ4n) is 3.01. The summed E-state index contributed by atoms with van der Waals surface area (Å²) in [6.07, 6.45) is 3.43. The first-order valence-electron chi connectivity index (χ1n) is 9.50. The molecule has 2 aromatic heterocycles. The highest BCUT2D eigenvalue weighted by Crippen LogP contribution is 2.36. The number of rotatable bonds is 8. The van der Waals surface area contributed by atoms with Crippen molar-refractivity contribution >= 4 is 17.5 Å². The SMILES string of the molecule is COCCNC(=O)C(C)(C)c1nc(-c2ccc(Cl)c(OC)c2)c(-c2ccncc2)[nH]1. The van der Waals surface area contributed by atoms with Crippen LogP contribution in [-0.2, 0) is 14.9 Å². The van der Waals surface area contributed by atoms with Gasteiger partial charge >= 0.3 is 0 Å². The fraction of sp³-hybridized carbons (Fsp3) is 0.318. The highest BCUT2D eigenvalue weighted by atomic mass is 35.5. The lowest BCUT2D eigenvalue weighted by molar-refractivity contribution is -0.126. The molecule has 7 nitrogen and oxygen atoms in total. The Morgan fingerprint density at radius 2 is 1.90 bits per heavy atom. The van der Waals surface area contributed by atoms with Crippen molar-refractivity contribution in [3.63, 3.8) is 0 Å². The zero-order chi connectivity index (χ0) is 21.7. The Morgan fingerprint density at radius 1 is 1.17 bits per heavy atom. The topological polar surface area (TPSA) is 89.1 Å². The number of ether oxygens (including phenoxy) is 2. The van der Waals surface area contributed by atoms with Crippen LogP contribution in [0.15, 0.2) is 42.7 Å². The van der Waals surface area contributed by atoms with Gasteiger partial charge in [-0.1, -0.05) is 17.7 Å². The lowest BCUT2D eigenvalue weighted by atomic mass is 9.91. The van der Waals surface area contributed by atoms with E-state index in [-0.39, 0.29) is 5.91 Å². The van der Waals surface area contributed by atoms with E-state index in [2.05, 4.69) is 15.3 Å². The number of nitrogens with one attached hydrogen (secondary N) is 2. The number of aromatic nitrogens is 3. The number of aromatic amines is 1. The molecule has 0 saturated heterocycles. The van der Waals surface area contributed by atoms with E-state index < -0.39 is 5.41 Å². The standard InChI is InChI=1S/C22H25ClN4O3/c1-22(2,21(28)25-11-12-29-3)20-26-18(14-7-9-24-10-8-14)19(27-20)15-5-6-16(23)17(13-15)30-4/h5-10,13H,11-12H2,1-4H3,(H,25,28)(H,26,27). The van der Waals surface area contributed by atoms with Crippen LogP contribution in [0.25, 0.3) is 22.5 Å². The van der Waals surface area contributed by atoms with Gasteiger partial charge in [0.05, 0.1) is 30.1 Å². The van der Waals surface area contributed by atoms with E-state index in [1.54, 1.807) is 32.7 Å². The van der Waals surface area contributed by atoms with Crippen molar-refractivity contribution < 1.29 is 14.3 Å². The maximum absolute atomic E-state index is 12.8. The molecule has 0 bridgehead atoms. The number of halogens is 1. The van der Waals surface area contributed by atoms with Crippen molar-refractivity contribution in [3.05, 3.63) is 53.6 Å². The molecule has 0 aliphatic carbocycles. The van der Waals surface area contributed by atoms with Crippen LogP contribution >= 0.6 is 11.6 Å². The van der Waals surface area contributed by atoms with Gasteiger partial charge in [-0.25, -0.2) is 4.98 Å². The van der Waals surface area contributed by atoms with Gasteiger partial charge in [0.2, 0.25) is 5.91 Å². The van der Waals surface area contributed by atoms with Crippen LogP contribution < -0.4 is 10.1 Å². The van der Waals surface area contributed by atoms with Gasteiger partial charge in [0.25, 0.3) is 0 Å². The molecule has 0 aliphatic heterocycles. The van der Waals surface area contributed by atoms with Crippen molar-refractivity contribution in [3.8, 4) is 28.3 Å². The summed E-state index contributed by atoms with van der Waals surface area (Å²) in [5.41, 5.74) is 2.33. The number of nitrogens with zero attached hydrogens (tertiary/aromatic N) is 2. The smallest absolute Gasteiger partial charge is 0.233 e. The van der Waals surface area contributed by atoms with Gasteiger partial charge in [0.15, 0.2) is 0 Å². The molecule has 2 heterocycles. The van der Waals surface area contributed by atoms with Crippen LogP contribution in [-0.4, -0.2) is 48.2 Å². The first-order valence-corrected chi connectivity index (χ1v) is 9.88. The van der Waals surface area contributed by atoms with Gasteiger partial charge in [0.1, 0.15) is 17.0 Å². The molecule has 0 spiro atoms. The molecule has 0 radical (unpaired) electrons. The maximum atomic E-state index is 12.8. The molecule has 0 atom stereocenters. The van der Waals surface area contributed by atoms with Crippen LogP contribution in [0, 0.1) is 0 Å². The second-order valence-electron chi connectivity index (χ2n) is 7.27. The minimum absolute atomic E-state index is 0.144. The number of carbonyl (C=O) groups is 1. The van der Waals surface area contributed by atoms with Crippen molar-refractivity contribution in [2.45, 2.75) is 19.3 Å². The largest absolute Gasteiger partial charge is 0.495 e. The minimum Gasteiger partial charge on any atom is -0.495 e. The van der Waals surface area contributed by atoms with Gasteiger partial charge in [-0.05, 0) is 38.1 Å². The van der Waals surface area contributed by atoms with E-state index in [0.717, 1.165) is 16.8 Å². The van der Waals surface area contributed by atoms with Crippen LogP contribution in [0.2, 0.25) is 5.02 Å². The third-order valence-corrected chi connectivity index (χ3v) is 5.16. The van der Waals surface area contributed by atoms with Gasteiger partial charge < -0.3 is 19.8 Å². The van der Waals surface area contributed by atoms with Crippen molar-refractivity contribution in [2.24, 2.45) is 0 Å². The number of H-pyrrole nitrogens is 1. The molecule has 8 heteroatoms. The van der Waals surface area contributed by atoms with E-state index in [9.17, 15) is 4.79 Å². The lowest BCUT2D eigenvalue weighted by Crippen LogP contribution is -2.42. The maximum Gasteiger partial charge on any atom is 0.233 e. The van der Waals surface area contributed by atoms with E-state index in [1.165, 1.54) is 0 Å². The normalized spacial score (nSPS) is 11.4. The first-order chi connectivity index (χ1) is 14.4. The molecule has 1 aromatic carbocycles. The first kappa shape index (κ1) is 21.8. The zero-order valence-corrected chi connectivity index (χ0v) is 18.2. The average Bonchev–Trinajstić information content (AvgIpc) is 3.21. The van der Waals surface area contributed by atoms with Crippen molar-refractivity contribution in [1.29, 1.82) is 0 Å². The monoisotopic (exact) mass is 428 g/mol. The van der Waals surface area contributed by atoms with E-state index >= 15 is 0 Å². The second-order valence-corrected chi connectivity index (χ2v) is 7.68. The Bertz CT molecular complexity index is 1020. The summed E-state index contributed by atoms with van der Waals surface area (Å²) < 4.78 is 10.4. The quantitative estimate of drug-likeness (QED) is 0.532. The molecule has 2 N–H and O–H groups in total. The Kier molecular flexibility index (Phi) is 6.74. The van der Waals surface area contributed by atoms with Crippen LogP contribution in [0.3, 0.4) is 0 Å². The number of amides is 1. The van der Waals surface area contributed by atoms with Gasteiger partial charge in [-0.15, -0.1) is 0 Å². The fourth-order valence-corrected chi connectivity index (χ4v) is 3.20. The van der Waals surface area contributed by atoms with E-state index in [0.29, 0.717) is 35.4 Å². The Morgan fingerprint density at radius 3 is 2.57 bits per heavy atom. The molecule has 1 amide bonds. The number of methoxy groups -OCH3 is 2. The van der Waals surface area contributed by atoms with Gasteiger partial charge in [-0.3, -0.25) is 9.78 Å². The summed E-state index contributed by atoms with van der Waals surface area (Å²) in [7, 11) is 3.16. The van der Waals surface area contributed by atoms with Crippen LogP contribution in [0.1, 0.15) is 19.7 Å². The summed E-state index contributed by atoms with van der Waals surface area (Å²) in [4.78, 5) is 25.1. The van der Waals surface area contributed by atoms with E-state index in [1.807, 2.05) is 38.1 Å². The number of hydrogen-bond donors (Lipinski definition) is 2. The molecule has 0 fully saturated rings. The molecule has 0 aliphatic rings. The third-order valence-electron chi connectivity index (χ3n) is 4.85.